The molecule has 25 heavy (non-hydrogen) atoms. The van der Waals surface area contributed by atoms with Crippen molar-refractivity contribution >= 4 is 17.7 Å². The predicted octanol–water partition coefficient (Wildman–Crippen LogP) is 3.70. The Labute approximate surface area is 145 Å². The first-order valence-corrected chi connectivity index (χ1v) is 7.90. The van der Waals surface area contributed by atoms with E-state index in [-0.39, 0.29) is 6.01 Å². The van der Waals surface area contributed by atoms with Crippen molar-refractivity contribution in [3.8, 4) is 5.75 Å². The number of ether oxygens (including phenoxy) is 1. The van der Waals surface area contributed by atoms with Gasteiger partial charge in [-0.3, -0.25) is 5.32 Å². The van der Waals surface area contributed by atoms with Crippen LogP contribution in [0.3, 0.4) is 0 Å². The van der Waals surface area contributed by atoms with Crippen molar-refractivity contribution in [2.75, 3.05) is 17.2 Å². The minimum Gasteiger partial charge on any atom is -0.494 e. The minimum absolute atomic E-state index is 0.0503. The molecule has 1 aromatic heterocycles. The molecule has 0 saturated carbocycles. The Kier molecular flexibility index (Phi) is 5.26. The zero-order valence-corrected chi connectivity index (χ0v) is 13.7. The van der Waals surface area contributed by atoms with Crippen molar-refractivity contribution < 1.29 is 13.9 Å². The van der Waals surface area contributed by atoms with Gasteiger partial charge >= 0.3 is 12.0 Å². The monoisotopic (exact) mass is 338 g/mol. The van der Waals surface area contributed by atoms with E-state index in [1.807, 2.05) is 37.3 Å². The van der Waals surface area contributed by atoms with E-state index < -0.39 is 6.03 Å². The average molecular weight is 338 g/mol. The number of rotatable bonds is 6. The zero-order chi connectivity index (χ0) is 17.5. The lowest BCUT2D eigenvalue weighted by atomic mass is 10.2. The third-order valence-electron chi connectivity index (χ3n) is 3.31. The summed E-state index contributed by atoms with van der Waals surface area (Å²) < 4.78 is 10.8. The summed E-state index contributed by atoms with van der Waals surface area (Å²) in [6.07, 6.45) is 0.510. The molecule has 0 atom stereocenters. The second kappa shape index (κ2) is 7.96. The number of anilines is 2. The van der Waals surface area contributed by atoms with Gasteiger partial charge in [0.05, 0.1) is 13.0 Å². The van der Waals surface area contributed by atoms with Crippen molar-refractivity contribution in [3.05, 3.63) is 66.1 Å². The highest BCUT2D eigenvalue weighted by Gasteiger charge is 2.10. The number of benzene rings is 2. The average Bonchev–Trinajstić information content (AvgIpc) is 3.04. The van der Waals surface area contributed by atoms with Crippen LogP contribution in [0.5, 0.6) is 5.75 Å². The largest absolute Gasteiger partial charge is 0.494 e. The van der Waals surface area contributed by atoms with Crippen molar-refractivity contribution in [2.45, 2.75) is 13.3 Å². The number of carbonyl (C=O) groups excluding carboxylic acids is 1. The van der Waals surface area contributed by atoms with E-state index in [0.29, 0.717) is 24.6 Å². The molecule has 3 aromatic rings. The highest BCUT2D eigenvalue weighted by Crippen LogP contribution is 2.16. The van der Waals surface area contributed by atoms with Gasteiger partial charge in [0, 0.05) is 5.69 Å². The summed E-state index contributed by atoms with van der Waals surface area (Å²) in [5.41, 5.74) is 1.68. The molecule has 0 unspecified atom stereocenters. The van der Waals surface area contributed by atoms with E-state index in [9.17, 15) is 4.79 Å². The number of urea groups is 1. The summed E-state index contributed by atoms with van der Waals surface area (Å²) in [5.74, 6) is 1.18. The molecule has 0 aliphatic rings. The molecule has 2 amide bonds. The Morgan fingerprint density at radius 3 is 2.52 bits per heavy atom. The van der Waals surface area contributed by atoms with Gasteiger partial charge in [-0.15, -0.1) is 5.10 Å². The maximum absolute atomic E-state index is 12.0. The first kappa shape index (κ1) is 16.5. The normalized spacial score (nSPS) is 10.3. The van der Waals surface area contributed by atoms with E-state index in [2.05, 4.69) is 20.8 Å². The van der Waals surface area contributed by atoms with Crippen molar-refractivity contribution in [1.82, 2.24) is 10.2 Å². The number of hydrogen-bond acceptors (Lipinski definition) is 5. The lowest BCUT2D eigenvalue weighted by Gasteiger charge is -2.06. The molecule has 0 aliphatic heterocycles. The summed E-state index contributed by atoms with van der Waals surface area (Å²) in [6, 6.07) is 16.4. The van der Waals surface area contributed by atoms with Gasteiger partial charge in [0.25, 0.3) is 0 Å². The van der Waals surface area contributed by atoms with Gasteiger partial charge in [0.1, 0.15) is 5.75 Å². The number of amides is 2. The molecule has 128 valence electrons. The highest BCUT2D eigenvalue weighted by molar-refractivity contribution is 5.98. The Balaban J connectivity index is 1.54. The van der Waals surface area contributed by atoms with Crippen LogP contribution in [0.15, 0.2) is 59.0 Å². The van der Waals surface area contributed by atoms with Gasteiger partial charge in [-0.05, 0) is 36.8 Å². The molecule has 2 aromatic carbocycles. The quantitative estimate of drug-likeness (QED) is 0.715. The topological polar surface area (TPSA) is 89.3 Å². The van der Waals surface area contributed by atoms with Gasteiger partial charge in [-0.25, -0.2) is 4.79 Å². The SMILES string of the molecule is CCOc1ccc(NC(=O)Nc2nnc(Cc3ccccc3)o2)cc1. The molecule has 0 bridgehead atoms. The molecule has 3 rings (SSSR count). The van der Waals surface area contributed by atoms with E-state index in [1.54, 1.807) is 24.3 Å². The lowest BCUT2D eigenvalue weighted by Crippen LogP contribution is -2.19. The van der Waals surface area contributed by atoms with Crippen LogP contribution in [0.2, 0.25) is 0 Å². The molecule has 2 N–H and O–H groups in total. The summed E-state index contributed by atoms with van der Waals surface area (Å²) in [6.45, 7) is 2.51. The van der Waals surface area contributed by atoms with Gasteiger partial charge in [-0.1, -0.05) is 35.4 Å². The van der Waals surface area contributed by atoms with Crippen LogP contribution in [0.25, 0.3) is 0 Å². The van der Waals surface area contributed by atoms with Crippen LogP contribution in [0.4, 0.5) is 16.5 Å². The third kappa shape index (κ3) is 4.81. The Morgan fingerprint density at radius 1 is 1.04 bits per heavy atom. The number of aromatic nitrogens is 2. The minimum atomic E-state index is -0.459. The zero-order valence-electron chi connectivity index (χ0n) is 13.7. The van der Waals surface area contributed by atoms with E-state index >= 15 is 0 Å². The van der Waals surface area contributed by atoms with Crippen LogP contribution in [-0.2, 0) is 6.42 Å². The second-order valence-corrected chi connectivity index (χ2v) is 5.20. The fraction of sp³-hybridized carbons (Fsp3) is 0.167. The van der Waals surface area contributed by atoms with E-state index in [1.165, 1.54) is 0 Å². The smallest absolute Gasteiger partial charge is 0.327 e. The number of nitrogens with zero attached hydrogens (tertiary/aromatic N) is 2. The summed E-state index contributed by atoms with van der Waals surface area (Å²) >= 11 is 0. The van der Waals surface area contributed by atoms with E-state index in [4.69, 9.17) is 9.15 Å². The standard InChI is InChI=1S/C18H18N4O3/c1-2-24-15-10-8-14(9-11-15)19-17(23)20-18-22-21-16(25-18)12-13-6-4-3-5-7-13/h3-11H,2,12H2,1H3,(H2,19,20,22,23). The second-order valence-electron chi connectivity index (χ2n) is 5.20. The number of hydrogen-bond donors (Lipinski definition) is 2. The highest BCUT2D eigenvalue weighted by atomic mass is 16.5. The Hall–Kier alpha value is -3.35. The third-order valence-corrected chi connectivity index (χ3v) is 3.31. The molecular formula is C18H18N4O3. The van der Waals surface area contributed by atoms with Crippen molar-refractivity contribution in [2.24, 2.45) is 0 Å². The van der Waals surface area contributed by atoms with Gasteiger partial charge in [-0.2, -0.15) is 0 Å². The molecule has 0 radical (unpaired) electrons. The first-order chi connectivity index (χ1) is 12.2. The van der Waals surface area contributed by atoms with Gasteiger partial charge in [0.15, 0.2) is 0 Å². The molecule has 0 fully saturated rings. The predicted molar refractivity (Wildman–Crippen MR) is 93.8 cm³/mol. The summed E-state index contributed by atoms with van der Waals surface area (Å²) in [4.78, 5) is 12.0. The fourth-order valence-electron chi connectivity index (χ4n) is 2.21. The summed E-state index contributed by atoms with van der Waals surface area (Å²) in [7, 11) is 0. The molecule has 0 saturated heterocycles. The van der Waals surface area contributed by atoms with Crippen LogP contribution in [0, 0.1) is 0 Å². The van der Waals surface area contributed by atoms with Crippen molar-refractivity contribution in [3.63, 3.8) is 0 Å². The molecule has 0 spiro atoms. The Morgan fingerprint density at radius 2 is 1.80 bits per heavy atom. The van der Waals surface area contributed by atoms with Crippen LogP contribution < -0.4 is 15.4 Å². The lowest BCUT2D eigenvalue weighted by molar-refractivity contribution is 0.261. The van der Waals surface area contributed by atoms with E-state index in [0.717, 1.165) is 11.3 Å². The van der Waals surface area contributed by atoms with Gasteiger partial charge < -0.3 is 14.5 Å². The Bertz CT molecular complexity index is 816. The molecular weight excluding hydrogens is 320 g/mol. The molecule has 1 heterocycles. The maximum atomic E-state index is 12.0. The van der Waals surface area contributed by atoms with Crippen LogP contribution in [0.1, 0.15) is 18.4 Å². The van der Waals surface area contributed by atoms with Crippen LogP contribution >= 0.6 is 0 Å². The van der Waals surface area contributed by atoms with Crippen molar-refractivity contribution in [1.29, 1.82) is 0 Å². The first-order valence-electron chi connectivity index (χ1n) is 7.90. The number of carbonyl (C=O) groups is 1. The van der Waals surface area contributed by atoms with Gasteiger partial charge in [0.2, 0.25) is 5.89 Å². The molecule has 0 aliphatic carbocycles. The maximum Gasteiger partial charge on any atom is 0.327 e. The molecule has 7 nitrogen and oxygen atoms in total. The summed E-state index contributed by atoms with van der Waals surface area (Å²) in [5, 5.41) is 13.0. The fourth-order valence-corrected chi connectivity index (χ4v) is 2.21. The molecule has 7 heteroatoms. The number of nitrogens with one attached hydrogen (secondary N) is 2. The van der Waals surface area contributed by atoms with Crippen LogP contribution in [-0.4, -0.2) is 22.8 Å².